The molecule has 3 N–H and O–H groups in total. The lowest BCUT2D eigenvalue weighted by Gasteiger charge is -2.27. The van der Waals surface area contributed by atoms with Crippen LogP contribution in [0.4, 0.5) is 4.79 Å². The van der Waals surface area contributed by atoms with Crippen LogP contribution in [0.1, 0.15) is 11.6 Å². The van der Waals surface area contributed by atoms with Gasteiger partial charge in [-0.05, 0) is 11.6 Å². The number of hydrogen-bond donors (Lipinski definition) is 3. The van der Waals surface area contributed by atoms with Crippen molar-refractivity contribution in [3.63, 3.8) is 0 Å². The van der Waals surface area contributed by atoms with Gasteiger partial charge in [0, 0.05) is 38.1 Å². The van der Waals surface area contributed by atoms with Gasteiger partial charge < -0.3 is 25.3 Å². The van der Waals surface area contributed by atoms with Crippen LogP contribution in [0.5, 0.6) is 0 Å². The summed E-state index contributed by atoms with van der Waals surface area (Å²) in [6, 6.07) is 2.34. The van der Waals surface area contributed by atoms with E-state index in [1.54, 1.807) is 0 Å². The molecule has 3 heterocycles. The number of aromatic amines is 1. The fourth-order valence-corrected chi connectivity index (χ4v) is 2.49. The highest BCUT2D eigenvalue weighted by molar-refractivity contribution is 5.77. The first kappa shape index (κ1) is 11.6. The third-order valence-electron chi connectivity index (χ3n) is 3.45. The number of aromatic nitrogens is 1. The Labute approximate surface area is 106 Å². The van der Waals surface area contributed by atoms with E-state index >= 15 is 0 Å². The van der Waals surface area contributed by atoms with Gasteiger partial charge >= 0.3 is 6.03 Å². The van der Waals surface area contributed by atoms with Crippen molar-refractivity contribution in [2.24, 2.45) is 0 Å². The third-order valence-corrected chi connectivity index (χ3v) is 3.45. The van der Waals surface area contributed by atoms with E-state index in [9.17, 15) is 4.79 Å². The first-order chi connectivity index (χ1) is 8.83. The van der Waals surface area contributed by atoms with Crippen LogP contribution in [0.15, 0.2) is 18.5 Å². The number of morpholine rings is 1. The van der Waals surface area contributed by atoms with Crippen LogP contribution in [0.25, 0.3) is 0 Å². The van der Waals surface area contributed by atoms with Crippen LogP contribution in [0, 0.1) is 0 Å². The summed E-state index contributed by atoms with van der Waals surface area (Å²) in [6.07, 6.45) is 3.80. The SMILES string of the molecule is O=C1NC(c2cc[nH]c2)CN1CC1COCCN1. The van der Waals surface area contributed by atoms with Gasteiger partial charge in [-0.3, -0.25) is 0 Å². The molecule has 6 heteroatoms. The molecule has 2 fully saturated rings. The van der Waals surface area contributed by atoms with E-state index in [0.717, 1.165) is 25.3 Å². The molecule has 3 rings (SSSR count). The Morgan fingerprint density at radius 1 is 1.50 bits per heavy atom. The Kier molecular flexibility index (Phi) is 3.21. The standard InChI is InChI=1S/C12H18N4O2/c17-12-15-11(9-1-2-13-5-9)7-16(12)6-10-8-18-4-3-14-10/h1-2,5,10-11,13-14H,3-4,6-8H2,(H,15,17). The summed E-state index contributed by atoms with van der Waals surface area (Å²) in [5.41, 5.74) is 1.12. The summed E-state index contributed by atoms with van der Waals surface area (Å²) in [4.78, 5) is 16.8. The zero-order chi connectivity index (χ0) is 12.4. The molecule has 6 nitrogen and oxygen atoms in total. The quantitative estimate of drug-likeness (QED) is 0.711. The summed E-state index contributed by atoms with van der Waals surface area (Å²) in [5.74, 6) is 0. The Hall–Kier alpha value is -1.53. The molecule has 0 radical (unpaired) electrons. The lowest BCUT2D eigenvalue weighted by Crippen LogP contribution is -2.49. The number of carbonyl (C=O) groups is 1. The molecule has 2 saturated heterocycles. The highest BCUT2D eigenvalue weighted by atomic mass is 16.5. The van der Waals surface area contributed by atoms with Crippen molar-refractivity contribution in [1.82, 2.24) is 20.5 Å². The van der Waals surface area contributed by atoms with Crippen molar-refractivity contribution >= 4 is 6.03 Å². The Morgan fingerprint density at radius 3 is 3.17 bits per heavy atom. The number of ether oxygens (including phenoxy) is 1. The fraction of sp³-hybridized carbons (Fsp3) is 0.583. The van der Waals surface area contributed by atoms with Gasteiger partial charge in [-0.1, -0.05) is 0 Å². The summed E-state index contributed by atoms with van der Waals surface area (Å²) in [7, 11) is 0. The van der Waals surface area contributed by atoms with Crippen LogP contribution < -0.4 is 10.6 Å². The van der Waals surface area contributed by atoms with Gasteiger partial charge in [0.25, 0.3) is 0 Å². The van der Waals surface area contributed by atoms with Crippen molar-refractivity contribution in [1.29, 1.82) is 0 Å². The number of carbonyl (C=O) groups excluding carboxylic acids is 1. The Morgan fingerprint density at radius 2 is 2.44 bits per heavy atom. The maximum atomic E-state index is 11.9. The van der Waals surface area contributed by atoms with Crippen molar-refractivity contribution < 1.29 is 9.53 Å². The number of H-pyrrole nitrogens is 1. The first-order valence-corrected chi connectivity index (χ1v) is 6.32. The molecular weight excluding hydrogens is 232 g/mol. The second-order valence-corrected chi connectivity index (χ2v) is 4.78. The van der Waals surface area contributed by atoms with E-state index in [2.05, 4.69) is 15.6 Å². The maximum Gasteiger partial charge on any atom is 0.318 e. The number of nitrogens with one attached hydrogen (secondary N) is 3. The second kappa shape index (κ2) is 4.99. The molecule has 0 aromatic carbocycles. The van der Waals surface area contributed by atoms with Gasteiger partial charge in [-0.25, -0.2) is 4.79 Å². The summed E-state index contributed by atoms with van der Waals surface area (Å²) < 4.78 is 5.40. The largest absolute Gasteiger partial charge is 0.378 e. The Balaban J connectivity index is 1.58. The topological polar surface area (TPSA) is 69.4 Å². The van der Waals surface area contributed by atoms with Crippen LogP contribution in [-0.2, 0) is 4.74 Å². The normalized spacial score (nSPS) is 28.4. The first-order valence-electron chi connectivity index (χ1n) is 6.32. The highest BCUT2D eigenvalue weighted by Crippen LogP contribution is 2.19. The van der Waals surface area contributed by atoms with Gasteiger partial charge in [0.15, 0.2) is 0 Å². The maximum absolute atomic E-state index is 11.9. The number of hydrogen-bond acceptors (Lipinski definition) is 3. The predicted octanol–water partition coefficient (Wildman–Crippen LogP) is 0.0694. The lowest BCUT2D eigenvalue weighted by atomic mass is 10.1. The number of urea groups is 1. The molecule has 98 valence electrons. The van der Waals surface area contributed by atoms with E-state index in [-0.39, 0.29) is 18.1 Å². The average Bonchev–Trinajstić information content (AvgIpc) is 3.01. The van der Waals surface area contributed by atoms with Crippen LogP contribution in [0.3, 0.4) is 0 Å². The van der Waals surface area contributed by atoms with Crippen LogP contribution >= 0.6 is 0 Å². The molecule has 0 saturated carbocycles. The molecule has 0 spiro atoms. The van der Waals surface area contributed by atoms with Gasteiger partial charge in [0.1, 0.15) is 0 Å². The van der Waals surface area contributed by atoms with Gasteiger partial charge in [0.05, 0.1) is 19.3 Å². The second-order valence-electron chi connectivity index (χ2n) is 4.78. The molecule has 2 unspecified atom stereocenters. The van der Waals surface area contributed by atoms with E-state index in [4.69, 9.17) is 4.74 Å². The molecule has 18 heavy (non-hydrogen) atoms. The van der Waals surface area contributed by atoms with Crippen molar-refractivity contribution in [3.05, 3.63) is 24.0 Å². The number of rotatable bonds is 3. The molecule has 2 atom stereocenters. The third kappa shape index (κ3) is 2.34. The minimum atomic E-state index is 0.00794. The zero-order valence-electron chi connectivity index (χ0n) is 10.2. The monoisotopic (exact) mass is 250 g/mol. The van der Waals surface area contributed by atoms with Gasteiger partial charge in [-0.2, -0.15) is 0 Å². The van der Waals surface area contributed by atoms with Crippen LogP contribution in [0.2, 0.25) is 0 Å². The van der Waals surface area contributed by atoms with Crippen molar-refractivity contribution in [2.75, 3.05) is 32.8 Å². The molecular formula is C12H18N4O2. The molecule has 0 aliphatic carbocycles. The molecule has 1 aromatic heterocycles. The van der Waals surface area contributed by atoms with Gasteiger partial charge in [0.2, 0.25) is 0 Å². The minimum Gasteiger partial charge on any atom is -0.378 e. The van der Waals surface area contributed by atoms with E-state index < -0.39 is 0 Å². The number of amides is 2. The summed E-state index contributed by atoms with van der Waals surface area (Å²) in [6.45, 7) is 3.72. The molecule has 1 aromatic rings. The number of nitrogens with zero attached hydrogens (tertiary/aromatic N) is 1. The van der Waals surface area contributed by atoms with E-state index in [1.807, 2.05) is 23.4 Å². The van der Waals surface area contributed by atoms with Crippen molar-refractivity contribution in [2.45, 2.75) is 12.1 Å². The van der Waals surface area contributed by atoms with E-state index in [0.29, 0.717) is 13.2 Å². The molecule has 2 aliphatic heterocycles. The van der Waals surface area contributed by atoms with Crippen molar-refractivity contribution in [3.8, 4) is 0 Å². The smallest absolute Gasteiger partial charge is 0.318 e. The van der Waals surface area contributed by atoms with Crippen LogP contribution in [-0.4, -0.2) is 54.8 Å². The molecule has 0 bridgehead atoms. The molecule has 2 aliphatic rings. The average molecular weight is 250 g/mol. The zero-order valence-corrected chi connectivity index (χ0v) is 10.2. The lowest BCUT2D eigenvalue weighted by molar-refractivity contribution is 0.0679. The molecule has 2 amide bonds. The minimum absolute atomic E-state index is 0.00794. The van der Waals surface area contributed by atoms with E-state index in [1.165, 1.54) is 0 Å². The highest BCUT2D eigenvalue weighted by Gasteiger charge is 2.31. The summed E-state index contributed by atoms with van der Waals surface area (Å²) >= 11 is 0. The van der Waals surface area contributed by atoms with Gasteiger partial charge in [-0.15, -0.1) is 0 Å². The summed E-state index contributed by atoms with van der Waals surface area (Å²) in [5, 5.41) is 6.36. The Bertz CT molecular complexity index is 400. The fourth-order valence-electron chi connectivity index (χ4n) is 2.49. The predicted molar refractivity (Wildman–Crippen MR) is 66.2 cm³/mol.